The third-order valence-electron chi connectivity index (χ3n) is 0.288. The smallest absolute Gasteiger partial charge is 0.0229 e. The van der Waals surface area contributed by atoms with Crippen molar-refractivity contribution in [2.75, 3.05) is 0 Å². The van der Waals surface area contributed by atoms with Gasteiger partial charge in [-0.3, -0.25) is 0 Å². The summed E-state index contributed by atoms with van der Waals surface area (Å²) in [6.07, 6.45) is 1.91. The van der Waals surface area contributed by atoms with Crippen molar-refractivity contribution in [1.82, 2.24) is 4.72 Å². The van der Waals surface area contributed by atoms with Gasteiger partial charge in [0, 0.05) is 42.1 Å². The Morgan fingerprint density at radius 3 is 2.50 bits per heavy atom. The van der Waals surface area contributed by atoms with Gasteiger partial charge >= 0.3 is 0 Å². The Morgan fingerprint density at radius 2 is 2.33 bits per heavy atom. The monoisotopic (exact) mass is 169 g/mol. The molecule has 0 unspecified atom stereocenters. The van der Waals surface area contributed by atoms with E-state index < -0.39 is 0 Å². The molecule has 0 atom stereocenters. The van der Waals surface area contributed by atoms with Gasteiger partial charge in [0.1, 0.15) is 0 Å². The number of nitrogens with one attached hydrogen (secondary N) is 1. The SMILES string of the molecule is C1=CSSN1.[Zn]. The van der Waals surface area contributed by atoms with E-state index in [2.05, 4.69) is 4.72 Å². The van der Waals surface area contributed by atoms with E-state index in [4.69, 9.17) is 0 Å². The fourth-order valence-corrected chi connectivity index (χ4v) is 1.25. The largest absolute Gasteiger partial charge is 0.327 e. The molecule has 1 aliphatic rings. The Kier molecular flexibility index (Phi) is 4.61. The first-order valence-electron chi connectivity index (χ1n) is 1.23. The molecule has 1 heterocycles. The third kappa shape index (κ3) is 2.11. The summed E-state index contributed by atoms with van der Waals surface area (Å²) in [4.78, 5) is 0. The fraction of sp³-hybridized carbons (Fsp3) is 0. The Morgan fingerprint density at radius 1 is 1.50 bits per heavy atom. The van der Waals surface area contributed by atoms with Crippen LogP contribution in [0.25, 0.3) is 0 Å². The summed E-state index contributed by atoms with van der Waals surface area (Å²) in [6, 6.07) is 0. The van der Waals surface area contributed by atoms with Gasteiger partial charge < -0.3 is 4.72 Å². The first kappa shape index (κ1) is 6.86. The maximum atomic E-state index is 2.92. The summed E-state index contributed by atoms with van der Waals surface area (Å²) >= 11 is 0. The molecule has 1 N–H and O–H groups in total. The molecule has 6 heavy (non-hydrogen) atoms. The van der Waals surface area contributed by atoms with Gasteiger partial charge in [-0.05, 0) is 10.8 Å². The van der Waals surface area contributed by atoms with Gasteiger partial charge in [-0.1, -0.05) is 0 Å². The van der Waals surface area contributed by atoms with Crippen molar-refractivity contribution in [2.45, 2.75) is 0 Å². The minimum Gasteiger partial charge on any atom is -0.327 e. The summed E-state index contributed by atoms with van der Waals surface area (Å²) in [7, 11) is 3.33. The second-order valence-corrected chi connectivity index (χ2v) is 2.54. The zero-order valence-corrected chi connectivity index (χ0v) is 7.78. The molecular weight excluding hydrogens is 168 g/mol. The molecule has 0 aliphatic carbocycles. The molecule has 0 aromatic carbocycles. The predicted octanol–water partition coefficient (Wildman–Crippen LogP) is 1.35. The first-order valence-corrected chi connectivity index (χ1v) is 3.44. The van der Waals surface area contributed by atoms with E-state index >= 15 is 0 Å². The van der Waals surface area contributed by atoms with Crippen molar-refractivity contribution in [3.05, 3.63) is 11.6 Å². The van der Waals surface area contributed by atoms with Crippen molar-refractivity contribution in [3.8, 4) is 0 Å². The van der Waals surface area contributed by atoms with Gasteiger partial charge in [0.2, 0.25) is 0 Å². The van der Waals surface area contributed by atoms with Crippen molar-refractivity contribution in [3.63, 3.8) is 0 Å². The summed E-state index contributed by atoms with van der Waals surface area (Å²) < 4.78 is 2.92. The molecule has 0 saturated carbocycles. The summed E-state index contributed by atoms with van der Waals surface area (Å²) in [5.41, 5.74) is 0. The molecule has 0 radical (unpaired) electrons. The van der Waals surface area contributed by atoms with E-state index in [9.17, 15) is 0 Å². The van der Waals surface area contributed by atoms with E-state index in [1.54, 1.807) is 21.8 Å². The van der Waals surface area contributed by atoms with E-state index in [-0.39, 0.29) is 19.5 Å². The maximum absolute atomic E-state index is 2.92. The quantitative estimate of drug-likeness (QED) is 0.335. The molecule has 1 nitrogen and oxygen atoms in total. The van der Waals surface area contributed by atoms with Crippen LogP contribution in [0, 0.1) is 0 Å². The average Bonchev–Trinajstić information content (AvgIpc) is 1.76. The summed E-state index contributed by atoms with van der Waals surface area (Å²) in [5, 5.41) is 2.00. The van der Waals surface area contributed by atoms with Crippen molar-refractivity contribution in [2.24, 2.45) is 0 Å². The molecule has 0 fully saturated rings. The molecule has 0 amide bonds. The van der Waals surface area contributed by atoms with Crippen LogP contribution in [0.2, 0.25) is 0 Å². The van der Waals surface area contributed by atoms with Crippen molar-refractivity contribution >= 4 is 21.8 Å². The molecule has 0 aromatic heterocycles. The maximum Gasteiger partial charge on any atom is 0.0229 e. The molecule has 0 aromatic rings. The van der Waals surface area contributed by atoms with Gasteiger partial charge in [0.25, 0.3) is 0 Å². The molecule has 4 heteroatoms. The Labute approximate surface area is 57.6 Å². The second-order valence-electron chi connectivity index (χ2n) is 0.600. The van der Waals surface area contributed by atoms with Crippen LogP contribution in [0.1, 0.15) is 0 Å². The van der Waals surface area contributed by atoms with Crippen molar-refractivity contribution in [1.29, 1.82) is 0 Å². The molecular formula is C2H3NS2Zn. The Bertz CT molecular complexity index is 49.5. The Hall–Kier alpha value is 0.863. The molecule has 0 spiro atoms. The van der Waals surface area contributed by atoms with Gasteiger partial charge in [-0.25, -0.2) is 0 Å². The van der Waals surface area contributed by atoms with Crippen LogP contribution < -0.4 is 4.72 Å². The molecule has 1 aliphatic heterocycles. The zero-order chi connectivity index (χ0) is 3.54. The van der Waals surface area contributed by atoms with Gasteiger partial charge in [0.05, 0.1) is 0 Å². The van der Waals surface area contributed by atoms with Crippen LogP contribution >= 0.6 is 21.8 Å². The predicted molar refractivity (Wildman–Crippen MR) is 27.5 cm³/mol. The Balaban J connectivity index is 0.000000250. The van der Waals surface area contributed by atoms with Crippen LogP contribution in [0.5, 0.6) is 0 Å². The van der Waals surface area contributed by atoms with E-state index in [1.165, 1.54) is 0 Å². The molecule has 0 bridgehead atoms. The minimum absolute atomic E-state index is 0. The molecule has 0 saturated heterocycles. The molecule has 30 valence electrons. The first-order chi connectivity index (χ1) is 2.50. The van der Waals surface area contributed by atoms with Crippen LogP contribution in [0.3, 0.4) is 0 Å². The van der Waals surface area contributed by atoms with Crippen LogP contribution in [-0.4, -0.2) is 0 Å². The normalized spacial score (nSPS) is 16.0. The topological polar surface area (TPSA) is 12.0 Å². The van der Waals surface area contributed by atoms with E-state index in [1.807, 2.05) is 11.6 Å². The van der Waals surface area contributed by atoms with Crippen LogP contribution in [0.15, 0.2) is 11.6 Å². The number of hydrogen-bond donors (Lipinski definition) is 1. The third-order valence-corrected chi connectivity index (χ3v) is 1.77. The van der Waals surface area contributed by atoms with Crippen LogP contribution in [0.4, 0.5) is 0 Å². The van der Waals surface area contributed by atoms with E-state index in [0.717, 1.165) is 0 Å². The van der Waals surface area contributed by atoms with Crippen molar-refractivity contribution < 1.29 is 19.5 Å². The average molecular weight is 171 g/mol. The molecule has 1 rings (SSSR count). The number of rotatable bonds is 0. The second kappa shape index (κ2) is 4.03. The van der Waals surface area contributed by atoms with E-state index in [0.29, 0.717) is 0 Å². The summed E-state index contributed by atoms with van der Waals surface area (Å²) in [5.74, 6) is 0. The van der Waals surface area contributed by atoms with Gasteiger partial charge in [0.15, 0.2) is 0 Å². The fourth-order valence-electron chi connectivity index (χ4n) is 0.139. The zero-order valence-electron chi connectivity index (χ0n) is 3.18. The number of hydrogen-bond acceptors (Lipinski definition) is 3. The van der Waals surface area contributed by atoms with Crippen LogP contribution in [-0.2, 0) is 19.5 Å². The van der Waals surface area contributed by atoms with Gasteiger partial charge in [-0.2, -0.15) is 0 Å². The summed E-state index contributed by atoms with van der Waals surface area (Å²) in [6.45, 7) is 0. The van der Waals surface area contributed by atoms with Gasteiger partial charge in [-0.15, -0.1) is 0 Å². The minimum atomic E-state index is 0. The standard InChI is InChI=1S/C2H3NS2.Zn/c1-2-4-5-3-1;/h1-3H;.